The molecule has 0 radical (unpaired) electrons. The number of carbonyl (C=O) groups excluding carboxylic acids is 3. The third-order valence-corrected chi connectivity index (χ3v) is 5.25. The highest BCUT2D eigenvalue weighted by Gasteiger charge is 2.29. The monoisotopic (exact) mass is 545 g/mol. The van der Waals surface area contributed by atoms with Gasteiger partial charge in [-0.1, -0.05) is 0 Å². The summed E-state index contributed by atoms with van der Waals surface area (Å²) < 4.78 is 0. The summed E-state index contributed by atoms with van der Waals surface area (Å²) in [4.78, 5) is 57.6. The molecule has 0 saturated heterocycles. The minimum absolute atomic E-state index is 0.0455. The molecule has 218 valence electrons. The first-order valence-electron chi connectivity index (χ1n) is 12.2. The summed E-state index contributed by atoms with van der Waals surface area (Å²) in [7, 11) is 0. The predicted octanol–water partition coefficient (Wildman–Crippen LogP) is -4.92. The van der Waals surface area contributed by atoms with E-state index in [-0.39, 0.29) is 50.7 Å². The van der Waals surface area contributed by atoms with Crippen molar-refractivity contribution < 1.29 is 29.4 Å². The number of amides is 3. The van der Waals surface area contributed by atoms with Crippen molar-refractivity contribution in [1.82, 2.24) is 16.0 Å². The first kappa shape index (κ1) is 34.3. The third-order valence-electron chi connectivity index (χ3n) is 5.25. The lowest BCUT2D eigenvalue weighted by Crippen LogP contribution is -2.57. The highest BCUT2D eigenvalue weighted by molar-refractivity contribution is 5.94. The number of hydrogen-bond donors (Lipinski definition) is 11. The number of nitrogens with two attached hydrogens (primary N) is 6. The molecule has 0 aliphatic carbocycles. The molecule has 0 heterocycles. The first-order chi connectivity index (χ1) is 17.9. The van der Waals surface area contributed by atoms with Gasteiger partial charge >= 0.3 is 5.97 Å². The van der Waals surface area contributed by atoms with E-state index in [0.717, 1.165) is 0 Å². The van der Waals surface area contributed by atoms with Gasteiger partial charge in [-0.15, -0.1) is 0 Å². The molecule has 17 nitrogen and oxygen atoms in total. The van der Waals surface area contributed by atoms with Gasteiger partial charge in [0, 0.05) is 13.1 Å². The molecule has 4 unspecified atom stereocenters. The molecule has 0 aromatic rings. The minimum Gasteiger partial charge on any atom is -0.480 e. The van der Waals surface area contributed by atoms with Crippen LogP contribution in [0.3, 0.4) is 0 Å². The van der Waals surface area contributed by atoms with Crippen molar-refractivity contribution in [3.8, 4) is 0 Å². The van der Waals surface area contributed by atoms with E-state index in [0.29, 0.717) is 25.8 Å². The number of nitrogens with zero attached hydrogens (tertiary/aromatic N) is 2. The average Bonchev–Trinajstić information content (AvgIpc) is 2.85. The van der Waals surface area contributed by atoms with Crippen LogP contribution in [-0.4, -0.2) is 96.2 Å². The Morgan fingerprint density at radius 2 is 1.11 bits per heavy atom. The zero-order chi connectivity index (χ0) is 29.1. The molecule has 4 atom stereocenters. The van der Waals surface area contributed by atoms with Crippen molar-refractivity contribution in [2.45, 2.75) is 69.1 Å². The van der Waals surface area contributed by atoms with Gasteiger partial charge in [0.2, 0.25) is 17.7 Å². The van der Waals surface area contributed by atoms with E-state index >= 15 is 0 Å². The lowest BCUT2D eigenvalue weighted by molar-refractivity contribution is -0.142. The highest BCUT2D eigenvalue weighted by Crippen LogP contribution is 2.07. The van der Waals surface area contributed by atoms with Crippen LogP contribution in [0.4, 0.5) is 0 Å². The number of hydrogen-bond acceptors (Lipinski definition) is 9. The van der Waals surface area contributed by atoms with Crippen LogP contribution >= 0.6 is 0 Å². The van der Waals surface area contributed by atoms with Crippen molar-refractivity contribution in [2.75, 3.05) is 26.2 Å². The number of carboxylic acids is 1. The molecule has 3 amide bonds. The van der Waals surface area contributed by atoms with Gasteiger partial charge in [0.25, 0.3) is 0 Å². The number of carbonyl (C=O) groups is 4. The van der Waals surface area contributed by atoms with Gasteiger partial charge in [-0.05, 0) is 51.5 Å². The standard InChI is InChI=1S/C21H43N11O6/c22-8-2-1-5-13(18(36)32-15(19(37)38)7-4-10-29-21(26)27)31-17(35)14(6-3-9-28-20(24)25)30-16(34)12(23)11-33/h12-15,33H,1-11,22-23H2,(H,30,34)(H,31,35)(H,32,36)(H,37,38)(H4,24,25,28)(H4,26,27,29). The van der Waals surface area contributed by atoms with Gasteiger partial charge in [0.1, 0.15) is 24.2 Å². The molecule has 0 bridgehead atoms. The summed E-state index contributed by atoms with van der Waals surface area (Å²) in [5.74, 6) is -3.74. The van der Waals surface area contributed by atoms with Gasteiger partial charge in [-0.2, -0.15) is 0 Å². The summed E-state index contributed by atoms with van der Waals surface area (Å²) in [5, 5.41) is 26.1. The Kier molecular flexibility index (Phi) is 17.5. The molecule has 0 aliphatic rings. The molecule has 0 aliphatic heterocycles. The summed E-state index contributed by atoms with van der Waals surface area (Å²) in [6, 6.07) is -4.75. The maximum atomic E-state index is 13.1. The van der Waals surface area contributed by atoms with Gasteiger partial charge < -0.3 is 60.6 Å². The molecular formula is C21H43N11O6. The number of aliphatic hydroxyl groups is 1. The van der Waals surface area contributed by atoms with Crippen molar-refractivity contribution in [1.29, 1.82) is 0 Å². The van der Waals surface area contributed by atoms with Crippen LogP contribution in [0, 0.1) is 0 Å². The van der Waals surface area contributed by atoms with Gasteiger partial charge in [0.05, 0.1) is 6.61 Å². The maximum absolute atomic E-state index is 13.1. The summed E-state index contributed by atoms with van der Waals surface area (Å²) in [6.45, 7) is 0.0653. The molecule has 0 aromatic heterocycles. The van der Waals surface area contributed by atoms with Crippen LogP contribution in [0.2, 0.25) is 0 Å². The quantitative estimate of drug-likeness (QED) is 0.0389. The fraction of sp³-hybridized carbons (Fsp3) is 0.714. The second-order valence-corrected chi connectivity index (χ2v) is 8.49. The molecule has 38 heavy (non-hydrogen) atoms. The van der Waals surface area contributed by atoms with E-state index in [9.17, 15) is 24.3 Å². The second-order valence-electron chi connectivity index (χ2n) is 8.49. The number of aliphatic hydroxyl groups excluding tert-OH is 1. The lowest BCUT2D eigenvalue weighted by atomic mass is 10.0. The van der Waals surface area contributed by atoms with E-state index in [2.05, 4.69) is 25.9 Å². The first-order valence-corrected chi connectivity index (χ1v) is 12.2. The lowest BCUT2D eigenvalue weighted by Gasteiger charge is -2.25. The number of unbranched alkanes of at least 4 members (excludes halogenated alkanes) is 1. The molecule has 0 saturated carbocycles. The van der Waals surface area contributed by atoms with Crippen LogP contribution in [0.5, 0.6) is 0 Å². The summed E-state index contributed by atoms with van der Waals surface area (Å²) in [6.07, 6.45) is 1.91. The average molecular weight is 546 g/mol. The van der Waals surface area contributed by atoms with Crippen molar-refractivity contribution in [3.63, 3.8) is 0 Å². The fourth-order valence-electron chi connectivity index (χ4n) is 3.20. The SMILES string of the molecule is NCCCCC(NC(=O)C(CCCN=C(N)N)NC(=O)C(N)CO)C(=O)NC(CCCN=C(N)N)C(=O)O. The number of nitrogens with one attached hydrogen (secondary N) is 3. The Labute approximate surface area is 221 Å². The zero-order valence-corrected chi connectivity index (χ0v) is 21.5. The Balaban J connectivity index is 5.54. The number of aliphatic carboxylic acids is 1. The van der Waals surface area contributed by atoms with Crippen LogP contribution in [0.1, 0.15) is 44.9 Å². The molecular weight excluding hydrogens is 502 g/mol. The van der Waals surface area contributed by atoms with E-state index in [4.69, 9.17) is 39.5 Å². The normalized spacial score (nSPS) is 13.8. The third kappa shape index (κ3) is 15.4. The van der Waals surface area contributed by atoms with E-state index in [1.165, 1.54) is 0 Å². The number of carboxylic acid groups (broad SMARTS) is 1. The Bertz CT molecular complexity index is 815. The van der Waals surface area contributed by atoms with Gasteiger partial charge in [0.15, 0.2) is 11.9 Å². The molecule has 0 rings (SSSR count). The van der Waals surface area contributed by atoms with E-state index < -0.39 is 54.5 Å². The van der Waals surface area contributed by atoms with Crippen LogP contribution < -0.4 is 50.4 Å². The molecule has 17 heteroatoms. The molecule has 0 fully saturated rings. The smallest absolute Gasteiger partial charge is 0.326 e. The topological polar surface area (TPSA) is 326 Å². The number of aliphatic imine (C=N–C) groups is 2. The largest absolute Gasteiger partial charge is 0.480 e. The molecule has 0 aromatic carbocycles. The van der Waals surface area contributed by atoms with Crippen LogP contribution in [0.15, 0.2) is 9.98 Å². The van der Waals surface area contributed by atoms with Crippen molar-refractivity contribution >= 4 is 35.6 Å². The van der Waals surface area contributed by atoms with E-state index in [1.54, 1.807) is 0 Å². The van der Waals surface area contributed by atoms with Crippen molar-refractivity contribution in [2.24, 2.45) is 44.4 Å². The van der Waals surface area contributed by atoms with Gasteiger partial charge in [-0.3, -0.25) is 24.4 Å². The minimum atomic E-state index is -1.27. The number of guanidine groups is 2. The molecule has 17 N–H and O–H groups in total. The maximum Gasteiger partial charge on any atom is 0.326 e. The van der Waals surface area contributed by atoms with Crippen LogP contribution in [-0.2, 0) is 19.2 Å². The van der Waals surface area contributed by atoms with E-state index in [1.807, 2.05) is 0 Å². The Morgan fingerprint density at radius 3 is 1.53 bits per heavy atom. The van der Waals surface area contributed by atoms with Crippen LogP contribution in [0.25, 0.3) is 0 Å². The Hall–Kier alpha value is -3.70. The zero-order valence-electron chi connectivity index (χ0n) is 21.5. The second kappa shape index (κ2) is 19.4. The Morgan fingerprint density at radius 1 is 0.684 bits per heavy atom. The van der Waals surface area contributed by atoms with Gasteiger partial charge in [-0.25, -0.2) is 4.79 Å². The molecule has 0 spiro atoms. The number of rotatable bonds is 20. The fourth-order valence-corrected chi connectivity index (χ4v) is 3.20. The van der Waals surface area contributed by atoms with Crippen molar-refractivity contribution in [3.05, 3.63) is 0 Å². The summed E-state index contributed by atoms with van der Waals surface area (Å²) in [5.41, 5.74) is 32.2. The summed E-state index contributed by atoms with van der Waals surface area (Å²) >= 11 is 0. The highest BCUT2D eigenvalue weighted by atomic mass is 16.4. The predicted molar refractivity (Wildman–Crippen MR) is 141 cm³/mol.